The normalized spacial score (nSPS) is 30.6. The van der Waals surface area contributed by atoms with Crippen LogP contribution < -0.4 is 5.32 Å². The second-order valence-electron chi connectivity index (χ2n) is 5.32. The molecule has 3 rings (SSSR count). The molecular weight excluding hydrogens is 228 g/mol. The Hall–Kier alpha value is -1.49. The molecule has 96 valence electrons. The lowest BCUT2D eigenvalue weighted by atomic mass is 9.95. The Bertz CT molecular complexity index is 459. The number of rotatable bonds is 1. The molecule has 0 bridgehead atoms. The van der Waals surface area contributed by atoms with Gasteiger partial charge in [-0.2, -0.15) is 0 Å². The van der Waals surface area contributed by atoms with Crippen molar-refractivity contribution in [3.8, 4) is 0 Å². The molecule has 3 unspecified atom stereocenters. The maximum atomic E-state index is 12.4. The summed E-state index contributed by atoms with van der Waals surface area (Å²) in [6.07, 6.45) is 3.23. The fourth-order valence-electron chi connectivity index (χ4n) is 3.09. The third-order valence-corrected chi connectivity index (χ3v) is 4.20. The van der Waals surface area contributed by atoms with Crippen LogP contribution in [0.4, 0.5) is 0 Å². The molecule has 1 aromatic rings. The number of carbonyl (C=O) groups excluding carboxylic acids is 1. The van der Waals surface area contributed by atoms with Crippen LogP contribution in [-0.4, -0.2) is 46.5 Å². The Morgan fingerprint density at radius 3 is 2.89 bits per heavy atom. The van der Waals surface area contributed by atoms with E-state index in [1.54, 1.807) is 12.4 Å². The summed E-state index contributed by atoms with van der Waals surface area (Å²) in [7, 11) is 0. The van der Waals surface area contributed by atoms with Crippen molar-refractivity contribution >= 4 is 5.91 Å². The Morgan fingerprint density at radius 2 is 2.22 bits per heavy atom. The molecule has 2 aliphatic rings. The van der Waals surface area contributed by atoms with Crippen molar-refractivity contribution in [3.05, 3.63) is 23.8 Å². The number of carbonyl (C=O) groups is 1. The monoisotopic (exact) mass is 246 g/mol. The van der Waals surface area contributed by atoms with Gasteiger partial charge in [0.2, 0.25) is 0 Å². The average molecular weight is 246 g/mol. The van der Waals surface area contributed by atoms with Crippen molar-refractivity contribution < 1.29 is 4.79 Å². The molecule has 0 spiro atoms. The van der Waals surface area contributed by atoms with Crippen LogP contribution in [0.5, 0.6) is 0 Å². The molecule has 5 nitrogen and oxygen atoms in total. The highest BCUT2D eigenvalue weighted by atomic mass is 16.2. The molecule has 2 saturated heterocycles. The van der Waals surface area contributed by atoms with Crippen LogP contribution >= 0.6 is 0 Å². The van der Waals surface area contributed by atoms with Crippen LogP contribution in [0.3, 0.4) is 0 Å². The minimum atomic E-state index is 0.0180. The van der Waals surface area contributed by atoms with E-state index in [4.69, 9.17) is 0 Å². The number of nitrogens with zero attached hydrogens (tertiary/aromatic N) is 3. The van der Waals surface area contributed by atoms with E-state index in [2.05, 4.69) is 22.2 Å². The third-order valence-electron chi connectivity index (χ3n) is 4.20. The molecule has 0 radical (unpaired) electrons. The third kappa shape index (κ3) is 1.79. The van der Waals surface area contributed by atoms with Gasteiger partial charge in [-0.05, 0) is 25.7 Å². The first kappa shape index (κ1) is 11.6. The van der Waals surface area contributed by atoms with E-state index in [-0.39, 0.29) is 5.91 Å². The van der Waals surface area contributed by atoms with Crippen molar-refractivity contribution in [3.63, 3.8) is 0 Å². The zero-order valence-corrected chi connectivity index (χ0v) is 10.8. The van der Waals surface area contributed by atoms with E-state index in [0.717, 1.165) is 25.3 Å². The van der Waals surface area contributed by atoms with Gasteiger partial charge in [0, 0.05) is 31.9 Å². The van der Waals surface area contributed by atoms with Gasteiger partial charge in [0.1, 0.15) is 5.69 Å². The zero-order chi connectivity index (χ0) is 12.7. The molecule has 0 aromatic carbocycles. The highest BCUT2D eigenvalue weighted by Crippen LogP contribution is 2.32. The van der Waals surface area contributed by atoms with Gasteiger partial charge >= 0.3 is 0 Å². The maximum Gasteiger partial charge on any atom is 0.274 e. The van der Waals surface area contributed by atoms with Gasteiger partial charge in [0.15, 0.2) is 0 Å². The molecule has 1 amide bonds. The summed E-state index contributed by atoms with van der Waals surface area (Å²) in [5.41, 5.74) is 1.29. The number of hydrogen-bond acceptors (Lipinski definition) is 4. The Morgan fingerprint density at radius 1 is 1.39 bits per heavy atom. The van der Waals surface area contributed by atoms with Gasteiger partial charge in [-0.3, -0.25) is 9.78 Å². The number of amides is 1. The molecule has 3 heterocycles. The summed E-state index contributed by atoms with van der Waals surface area (Å²) >= 11 is 0. The van der Waals surface area contributed by atoms with E-state index in [1.807, 2.05) is 11.8 Å². The van der Waals surface area contributed by atoms with Crippen LogP contribution in [0.15, 0.2) is 12.4 Å². The SMILES string of the molecule is Cc1cnc(C(=O)N2CC3CNCC3C2C)cn1. The van der Waals surface area contributed by atoms with Gasteiger partial charge in [-0.15, -0.1) is 0 Å². The number of aromatic nitrogens is 2. The lowest BCUT2D eigenvalue weighted by Gasteiger charge is -2.24. The van der Waals surface area contributed by atoms with Crippen LogP contribution in [-0.2, 0) is 0 Å². The van der Waals surface area contributed by atoms with E-state index in [9.17, 15) is 4.79 Å². The number of hydrogen-bond donors (Lipinski definition) is 1. The Kier molecular flexibility index (Phi) is 2.78. The largest absolute Gasteiger partial charge is 0.334 e. The quantitative estimate of drug-likeness (QED) is 0.782. The highest BCUT2D eigenvalue weighted by molar-refractivity contribution is 5.92. The molecule has 0 aliphatic carbocycles. The fourth-order valence-corrected chi connectivity index (χ4v) is 3.09. The zero-order valence-electron chi connectivity index (χ0n) is 10.8. The fraction of sp³-hybridized carbons (Fsp3) is 0.615. The molecule has 0 saturated carbocycles. The minimum Gasteiger partial charge on any atom is -0.334 e. The van der Waals surface area contributed by atoms with Gasteiger partial charge in [0.25, 0.3) is 5.91 Å². The second kappa shape index (κ2) is 4.31. The van der Waals surface area contributed by atoms with Crippen molar-refractivity contribution in [1.82, 2.24) is 20.2 Å². The van der Waals surface area contributed by atoms with Crippen LogP contribution in [0, 0.1) is 18.8 Å². The first-order valence-corrected chi connectivity index (χ1v) is 6.47. The lowest BCUT2D eigenvalue weighted by molar-refractivity contribution is 0.0722. The predicted molar refractivity (Wildman–Crippen MR) is 67.1 cm³/mol. The smallest absolute Gasteiger partial charge is 0.274 e. The number of nitrogens with one attached hydrogen (secondary N) is 1. The van der Waals surface area contributed by atoms with Crippen LogP contribution in [0.25, 0.3) is 0 Å². The first-order valence-electron chi connectivity index (χ1n) is 6.47. The van der Waals surface area contributed by atoms with Gasteiger partial charge < -0.3 is 10.2 Å². The molecule has 3 atom stereocenters. The van der Waals surface area contributed by atoms with E-state index in [0.29, 0.717) is 23.6 Å². The standard InChI is InChI=1S/C13H18N4O/c1-8-3-16-12(6-15-8)13(18)17-7-10-4-14-5-11(10)9(17)2/h3,6,9-11,14H,4-5,7H2,1-2H3. The Labute approximate surface area is 107 Å². The molecule has 1 N–H and O–H groups in total. The molecule has 5 heteroatoms. The van der Waals surface area contributed by atoms with Gasteiger partial charge in [-0.25, -0.2) is 4.98 Å². The van der Waals surface area contributed by atoms with Gasteiger partial charge in [0.05, 0.1) is 11.9 Å². The van der Waals surface area contributed by atoms with E-state index >= 15 is 0 Å². The van der Waals surface area contributed by atoms with E-state index in [1.165, 1.54) is 0 Å². The molecule has 2 fully saturated rings. The predicted octanol–water partition coefficient (Wildman–Crippen LogP) is 0.465. The van der Waals surface area contributed by atoms with Crippen LogP contribution in [0.1, 0.15) is 23.1 Å². The number of fused-ring (bicyclic) bond motifs is 1. The summed E-state index contributed by atoms with van der Waals surface area (Å²) in [4.78, 5) is 22.7. The summed E-state index contributed by atoms with van der Waals surface area (Å²) < 4.78 is 0. The summed E-state index contributed by atoms with van der Waals surface area (Å²) in [6.45, 7) is 6.90. The first-order chi connectivity index (χ1) is 8.66. The highest BCUT2D eigenvalue weighted by Gasteiger charge is 2.44. The van der Waals surface area contributed by atoms with Crippen molar-refractivity contribution in [2.75, 3.05) is 19.6 Å². The van der Waals surface area contributed by atoms with Crippen LogP contribution in [0.2, 0.25) is 0 Å². The average Bonchev–Trinajstić information content (AvgIpc) is 2.93. The topological polar surface area (TPSA) is 58.1 Å². The maximum absolute atomic E-state index is 12.4. The van der Waals surface area contributed by atoms with Crippen molar-refractivity contribution in [2.24, 2.45) is 11.8 Å². The number of aryl methyl sites for hydroxylation is 1. The molecular formula is C13H18N4O. The summed E-state index contributed by atoms with van der Waals surface area (Å²) in [5, 5.41) is 3.40. The molecule has 2 aliphatic heterocycles. The molecule has 18 heavy (non-hydrogen) atoms. The Balaban J connectivity index is 1.79. The summed E-state index contributed by atoms with van der Waals surface area (Å²) in [5.74, 6) is 1.21. The van der Waals surface area contributed by atoms with E-state index < -0.39 is 0 Å². The summed E-state index contributed by atoms with van der Waals surface area (Å²) in [6, 6.07) is 0.292. The minimum absolute atomic E-state index is 0.0180. The van der Waals surface area contributed by atoms with Crippen molar-refractivity contribution in [2.45, 2.75) is 19.9 Å². The van der Waals surface area contributed by atoms with Crippen molar-refractivity contribution in [1.29, 1.82) is 0 Å². The number of likely N-dealkylation sites (tertiary alicyclic amines) is 1. The molecule has 1 aromatic heterocycles. The van der Waals surface area contributed by atoms with Gasteiger partial charge in [-0.1, -0.05) is 0 Å². The second-order valence-corrected chi connectivity index (χ2v) is 5.32. The lowest BCUT2D eigenvalue weighted by Crippen LogP contribution is -2.38.